The average Bonchev–Trinajstić information content (AvgIpc) is 2.88. The van der Waals surface area contributed by atoms with Crippen LogP contribution in [0, 0.1) is 0 Å². The van der Waals surface area contributed by atoms with Crippen LogP contribution in [0.25, 0.3) is 6.08 Å². The largest absolute Gasteiger partial charge is 0.496 e. The predicted octanol–water partition coefficient (Wildman–Crippen LogP) is 4.38. The van der Waals surface area contributed by atoms with Gasteiger partial charge in [-0.2, -0.15) is 0 Å². The topological polar surface area (TPSA) is 50.8 Å². The van der Waals surface area contributed by atoms with Crippen molar-refractivity contribution in [3.63, 3.8) is 0 Å². The SMILES string of the molecule is COc1ccc(/C=C2/NC(=S)N(C)C2=O)cc1COc1ccc(Br)cc1Cl. The summed E-state index contributed by atoms with van der Waals surface area (Å²) in [5.74, 6) is 1.09. The fraction of sp³-hybridized carbons (Fsp3) is 0.158. The van der Waals surface area contributed by atoms with Gasteiger partial charge in [0.1, 0.15) is 23.8 Å². The molecule has 140 valence electrons. The number of benzene rings is 2. The number of ether oxygens (including phenoxy) is 2. The number of hydrogen-bond acceptors (Lipinski definition) is 4. The van der Waals surface area contributed by atoms with E-state index in [2.05, 4.69) is 21.2 Å². The van der Waals surface area contributed by atoms with Gasteiger partial charge in [0.15, 0.2) is 5.11 Å². The fourth-order valence-corrected chi connectivity index (χ4v) is 3.46. The van der Waals surface area contributed by atoms with E-state index in [4.69, 9.17) is 33.3 Å². The highest BCUT2D eigenvalue weighted by Gasteiger charge is 2.26. The van der Waals surface area contributed by atoms with E-state index >= 15 is 0 Å². The lowest BCUT2D eigenvalue weighted by Crippen LogP contribution is -2.25. The number of thiocarbonyl (C=S) groups is 1. The van der Waals surface area contributed by atoms with Crippen molar-refractivity contribution in [1.82, 2.24) is 10.2 Å². The second-order valence-corrected chi connectivity index (χ2v) is 7.50. The number of amides is 1. The normalized spacial score (nSPS) is 15.3. The van der Waals surface area contributed by atoms with Crippen molar-refractivity contribution >= 4 is 56.8 Å². The summed E-state index contributed by atoms with van der Waals surface area (Å²) in [5, 5.41) is 3.80. The summed E-state index contributed by atoms with van der Waals surface area (Å²) >= 11 is 14.7. The molecule has 0 saturated carbocycles. The van der Waals surface area contributed by atoms with Crippen LogP contribution in [0.4, 0.5) is 0 Å². The number of carbonyl (C=O) groups is 1. The number of nitrogens with one attached hydrogen (secondary N) is 1. The van der Waals surface area contributed by atoms with E-state index in [-0.39, 0.29) is 12.5 Å². The molecule has 27 heavy (non-hydrogen) atoms. The maximum atomic E-state index is 12.1. The molecular formula is C19H16BrClN2O3S. The van der Waals surface area contributed by atoms with Gasteiger partial charge < -0.3 is 14.8 Å². The van der Waals surface area contributed by atoms with E-state index in [9.17, 15) is 4.79 Å². The van der Waals surface area contributed by atoms with Crippen LogP contribution in [0.3, 0.4) is 0 Å². The van der Waals surface area contributed by atoms with E-state index < -0.39 is 0 Å². The summed E-state index contributed by atoms with van der Waals surface area (Å²) in [4.78, 5) is 13.5. The molecule has 3 rings (SSSR count). The molecule has 0 atom stereocenters. The second kappa shape index (κ2) is 8.29. The van der Waals surface area contributed by atoms with Crippen molar-refractivity contribution in [3.8, 4) is 11.5 Å². The van der Waals surface area contributed by atoms with Crippen LogP contribution in [0.2, 0.25) is 5.02 Å². The molecule has 1 aliphatic rings. The average molecular weight is 468 g/mol. The first-order chi connectivity index (χ1) is 12.9. The minimum atomic E-state index is -0.171. The first kappa shape index (κ1) is 19.7. The van der Waals surface area contributed by atoms with Gasteiger partial charge in [-0.05, 0) is 54.2 Å². The first-order valence-corrected chi connectivity index (χ1v) is 9.52. The van der Waals surface area contributed by atoms with Crippen molar-refractivity contribution < 1.29 is 14.3 Å². The second-order valence-electron chi connectivity index (χ2n) is 5.79. The molecule has 1 heterocycles. The van der Waals surface area contributed by atoms with Gasteiger partial charge in [0.2, 0.25) is 0 Å². The van der Waals surface area contributed by atoms with Gasteiger partial charge >= 0.3 is 0 Å². The molecule has 0 bridgehead atoms. The zero-order valence-corrected chi connectivity index (χ0v) is 17.7. The highest BCUT2D eigenvalue weighted by Crippen LogP contribution is 2.30. The Labute approximate surface area is 176 Å². The maximum Gasteiger partial charge on any atom is 0.276 e. The molecule has 8 heteroatoms. The molecule has 1 N–H and O–H groups in total. The lowest BCUT2D eigenvalue weighted by atomic mass is 10.1. The van der Waals surface area contributed by atoms with E-state index in [1.54, 1.807) is 32.4 Å². The molecule has 2 aromatic carbocycles. The van der Waals surface area contributed by atoms with Crippen molar-refractivity contribution in [2.24, 2.45) is 0 Å². The molecule has 1 aliphatic heterocycles. The van der Waals surface area contributed by atoms with Crippen LogP contribution in [-0.2, 0) is 11.4 Å². The van der Waals surface area contributed by atoms with E-state index in [0.717, 1.165) is 15.6 Å². The van der Waals surface area contributed by atoms with Gasteiger partial charge in [-0.25, -0.2) is 0 Å². The standard InChI is InChI=1S/C19H16BrClN2O3S/c1-23-18(24)15(22-19(23)27)8-11-3-5-16(25-2)12(7-11)10-26-17-6-4-13(20)9-14(17)21/h3-9H,10H2,1-2H3,(H,22,27)/b15-8+. The molecule has 0 aromatic heterocycles. The van der Waals surface area contributed by atoms with Gasteiger partial charge in [-0.3, -0.25) is 9.69 Å². The van der Waals surface area contributed by atoms with Crippen LogP contribution < -0.4 is 14.8 Å². The van der Waals surface area contributed by atoms with E-state index in [0.29, 0.717) is 27.3 Å². The Morgan fingerprint density at radius 3 is 2.63 bits per heavy atom. The van der Waals surface area contributed by atoms with Gasteiger partial charge in [-0.15, -0.1) is 0 Å². The van der Waals surface area contributed by atoms with Gasteiger partial charge in [0, 0.05) is 17.1 Å². The summed E-state index contributed by atoms with van der Waals surface area (Å²) in [7, 11) is 3.23. The fourth-order valence-electron chi connectivity index (χ4n) is 2.54. The third-order valence-corrected chi connectivity index (χ3v) is 5.14. The molecule has 0 aliphatic carbocycles. The summed E-state index contributed by atoms with van der Waals surface area (Å²) in [6, 6.07) is 11.0. The number of halogens is 2. The summed E-state index contributed by atoms with van der Waals surface area (Å²) in [6.45, 7) is 0.265. The third-order valence-electron chi connectivity index (χ3n) is 3.97. The van der Waals surface area contributed by atoms with Crippen LogP contribution >= 0.6 is 39.7 Å². The van der Waals surface area contributed by atoms with E-state index in [1.165, 1.54) is 4.90 Å². The zero-order chi connectivity index (χ0) is 19.6. The quantitative estimate of drug-likeness (QED) is 0.522. The number of carbonyl (C=O) groups excluding carboxylic acids is 1. The molecule has 0 radical (unpaired) electrons. The van der Waals surface area contributed by atoms with Crippen LogP contribution in [0.1, 0.15) is 11.1 Å². The van der Waals surface area contributed by atoms with Gasteiger partial charge in [0.25, 0.3) is 5.91 Å². The van der Waals surface area contributed by atoms with Crippen molar-refractivity contribution in [2.45, 2.75) is 6.61 Å². The Bertz CT molecular complexity index is 949. The lowest BCUT2D eigenvalue weighted by Gasteiger charge is -2.12. The number of methoxy groups -OCH3 is 1. The molecule has 0 unspecified atom stereocenters. The zero-order valence-electron chi connectivity index (χ0n) is 14.6. The van der Waals surface area contributed by atoms with Crippen LogP contribution in [-0.4, -0.2) is 30.1 Å². The van der Waals surface area contributed by atoms with E-state index in [1.807, 2.05) is 24.3 Å². The third kappa shape index (κ3) is 4.43. The monoisotopic (exact) mass is 466 g/mol. The van der Waals surface area contributed by atoms with Crippen LogP contribution in [0.15, 0.2) is 46.6 Å². The predicted molar refractivity (Wildman–Crippen MR) is 113 cm³/mol. The Hall–Kier alpha value is -2.09. The Morgan fingerprint density at radius 2 is 2.00 bits per heavy atom. The maximum absolute atomic E-state index is 12.1. The number of rotatable bonds is 5. The van der Waals surface area contributed by atoms with Crippen molar-refractivity contribution in [1.29, 1.82) is 0 Å². The molecule has 1 fully saturated rings. The number of likely N-dealkylation sites (N-methyl/N-ethyl adjacent to an activating group) is 1. The summed E-state index contributed by atoms with van der Waals surface area (Å²) in [5.41, 5.74) is 2.08. The molecule has 5 nitrogen and oxygen atoms in total. The summed E-state index contributed by atoms with van der Waals surface area (Å²) in [6.07, 6.45) is 1.74. The minimum Gasteiger partial charge on any atom is -0.496 e. The van der Waals surface area contributed by atoms with Crippen LogP contribution in [0.5, 0.6) is 11.5 Å². The van der Waals surface area contributed by atoms with Crippen molar-refractivity contribution in [2.75, 3.05) is 14.2 Å². The Morgan fingerprint density at radius 1 is 1.26 bits per heavy atom. The van der Waals surface area contributed by atoms with Gasteiger partial charge in [-0.1, -0.05) is 33.6 Å². The van der Waals surface area contributed by atoms with Crippen molar-refractivity contribution in [3.05, 3.63) is 62.7 Å². The number of hydrogen-bond donors (Lipinski definition) is 1. The molecule has 0 spiro atoms. The molecule has 1 amide bonds. The highest BCUT2D eigenvalue weighted by molar-refractivity contribution is 9.10. The minimum absolute atomic E-state index is 0.171. The molecular weight excluding hydrogens is 452 g/mol. The molecule has 2 aromatic rings. The smallest absolute Gasteiger partial charge is 0.276 e. The Kier molecular flexibility index (Phi) is 6.04. The molecule has 1 saturated heterocycles. The first-order valence-electron chi connectivity index (χ1n) is 7.94. The van der Waals surface area contributed by atoms with Gasteiger partial charge in [0.05, 0.1) is 12.1 Å². The number of nitrogens with zero attached hydrogens (tertiary/aromatic N) is 1. The Balaban J connectivity index is 1.84. The lowest BCUT2D eigenvalue weighted by molar-refractivity contribution is -0.121. The highest BCUT2D eigenvalue weighted by atomic mass is 79.9. The summed E-state index contributed by atoms with van der Waals surface area (Å²) < 4.78 is 12.1.